The van der Waals surface area contributed by atoms with Crippen LogP contribution in [-0.2, 0) is 6.42 Å². The van der Waals surface area contributed by atoms with Crippen LogP contribution in [0, 0.1) is 0 Å². The van der Waals surface area contributed by atoms with E-state index < -0.39 is 0 Å². The van der Waals surface area contributed by atoms with Crippen LogP contribution < -0.4 is 5.73 Å². The maximum Gasteiger partial charge on any atom is 0.130 e. The van der Waals surface area contributed by atoms with Gasteiger partial charge in [-0.2, -0.15) is 0 Å². The van der Waals surface area contributed by atoms with Crippen molar-refractivity contribution in [1.82, 2.24) is 9.97 Å². The summed E-state index contributed by atoms with van der Waals surface area (Å²) in [5, 5.41) is 0.676. The molecule has 1 heterocycles. The van der Waals surface area contributed by atoms with Gasteiger partial charge >= 0.3 is 0 Å². The number of hydrogen-bond acceptors (Lipinski definition) is 3. The lowest BCUT2D eigenvalue weighted by Gasteiger charge is -2.09. The molecule has 2 aromatic rings. The Balaban J connectivity index is 2.65. The van der Waals surface area contributed by atoms with Crippen molar-refractivity contribution in [2.75, 3.05) is 5.73 Å². The fraction of sp³-hybridized carbons (Fsp3) is 0.167. The number of nitrogens with zero attached hydrogens (tertiary/aromatic N) is 2. The third-order valence-corrected chi connectivity index (χ3v) is 2.79. The van der Waals surface area contributed by atoms with Crippen molar-refractivity contribution >= 4 is 17.4 Å². The molecule has 0 atom stereocenters. The number of nitrogens with two attached hydrogens (primary N) is 1. The van der Waals surface area contributed by atoms with Gasteiger partial charge in [0.1, 0.15) is 12.1 Å². The van der Waals surface area contributed by atoms with Crippen LogP contribution in [0.1, 0.15) is 12.5 Å². The topological polar surface area (TPSA) is 51.8 Å². The first-order chi connectivity index (χ1) is 7.74. The van der Waals surface area contributed by atoms with E-state index in [1.807, 2.05) is 31.2 Å². The summed E-state index contributed by atoms with van der Waals surface area (Å²) in [5.74, 6) is 0.521. The highest BCUT2D eigenvalue weighted by molar-refractivity contribution is 6.33. The molecular formula is C12H12ClN3. The zero-order valence-electron chi connectivity index (χ0n) is 8.94. The second-order valence-electron chi connectivity index (χ2n) is 3.42. The van der Waals surface area contributed by atoms with Gasteiger partial charge in [0.15, 0.2) is 0 Å². The van der Waals surface area contributed by atoms with Crippen molar-refractivity contribution < 1.29 is 0 Å². The summed E-state index contributed by atoms with van der Waals surface area (Å²) in [6, 6.07) is 7.60. The molecule has 0 saturated carbocycles. The fourth-order valence-corrected chi connectivity index (χ4v) is 1.89. The van der Waals surface area contributed by atoms with Crippen LogP contribution in [0.15, 0.2) is 30.6 Å². The third-order valence-electron chi connectivity index (χ3n) is 2.46. The molecule has 2 N–H and O–H groups in total. The Kier molecular flexibility index (Phi) is 3.06. The molecule has 0 aliphatic carbocycles. The molecule has 16 heavy (non-hydrogen) atoms. The lowest BCUT2D eigenvalue weighted by molar-refractivity contribution is 1.06. The molecule has 0 unspecified atom stereocenters. The summed E-state index contributed by atoms with van der Waals surface area (Å²) < 4.78 is 0. The minimum absolute atomic E-state index is 0.521. The smallest absolute Gasteiger partial charge is 0.130 e. The van der Waals surface area contributed by atoms with E-state index >= 15 is 0 Å². The minimum atomic E-state index is 0.521. The van der Waals surface area contributed by atoms with E-state index in [2.05, 4.69) is 9.97 Å². The van der Waals surface area contributed by atoms with Crippen LogP contribution >= 0.6 is 11.6 Å². The quantitative estimate of drug-likeness (QED) is 0.868. The molecule has 1 aromatic heterocycles. The molecule has 0 aliphatic rings. The van der Waals surface area contributed by atoms with E-state index in [0.717, 1.165) is 23.2 Å². The number of hydrogen-bond donors (Lipinski definition) is 1. The highest BCUT2D eigenvalue weighted by Gasteiger charge is 2.11. The van der Waals surface area contributed by atoms with Crippen molar-refractivity contribution in [1.29, 1.82) is 0 Å². The van der Waals surface area contributed by atoms with Crippen LogP contribution in [-0.4, -0.2) is 9.97 Å². The van der Waals surface area contributed by atoms with E-state index in [1.54, 1.807) is 0 Å². The van der Waals surface area contributed by atoms with E-state index in [4.69, 9.17) is 17.3 Å². The number of nitrogen functional groups attached to an aromatic ring is 1. The van der Waals surface area contributed by atoms with Crippen molar-refractivity contribution in [3.8, 4) is 11.3 Å². The molecule has 0 aliphatic heterocycles. The second-order valence-corrected chi connectivity index (χ2v) is 3.83. The Morgan fingerprint density at radius 1 is 1.25 bits per heavy atom. The van der Waals surface area contributed by atoms with E-state index in [-0.39, 0.29) is 0 Å². The third kappa shape index (κ3) is 1.86. The number of halogens is 1. The Labute approximate surface area is 99.3 Å². The Morgan fingerprint density at radius 2 is 2.00 bits per heavy atom. The number of benzene rings is 1. The zero-order valence-corrected chi connectivity index (χ0v) is 9.70. The molecule has 0 bridgehead atoms. The second kappa shape index (κ2) is 4.49. The number of rotatable bonds is 2. The van der Waals surface area contributed by atoms with Gasteiger partial charge < -0.3 is 5.73 Å². The lowest BCUT2D eigenvalue weighted by Crippen LogP contribution is -2.01. The van der Waals surface area contributed by atoms with Crippen LogP contribution in [0.3, 0.4) is 0 Å². The Hall–Kier alpha value is -1.61. The SMILES string of the molecule is CCc1c(N)ncnc1-c1ccccc1Cl. The number of anilines is 1. The van der Waals surface area contributed by atoms with E-state index in [9.17, 15) is 0 Å². The monoisotopic (exact) mass is 233 g/mol. The van der Waals surface area contributed by atoms with Gasteiger partial charge in [-0.1, -0.05) is 36.7 Å². The van der Waals surface area contributed by atoms with E-state index in [1.165, 1.54) is 6.33 Å². The van der Waals surface area contributed by atoms with Gasteiger partial charge in [0.05, 0.1) is 5.69 Å². The van der Waals surface area contributed by atoms with Crippen LogP contribution in [0.4, 0.5) is 5.82 Å². The van der Waals surface area contributed by atoms with Gasteiger partial charge in [0.25, 0.3) is 0 Å². The minimum Gasteiger partial charge on any atom is -0.383 e. The van der Waals surface area contributed by atoms with Gasteiger partial charge in [-0.25, -0.2) is 9.97 Å². The molecule has 3 nitrogen and oxygen atoms in total. The van der Waals surface area contributed by atoms with Crippen molar-refractivity contribution in [3.63, 3.8) is 0 Å². The molecule has 4 heteroatoms. The summed E-state index contributed by atoms with van der Waals surface area (Å²) in [5.41, 5.74) is 8.48. The summed E-state index contributed by atoms with van der Waals surface area (Å²) in [6.45, 7) is 2.02. The largest absolute Gasteiger partial charge is 0.383 e. The Morgan fingerprint density at radius 3 is 2.69 bits per heavy atom. The van der Waals surface area contributed by atoms with E-state index in [0.29, 0.717) is 10.8 Å². The van der Waals surface area contributed by atoms with Crippen LogP contribution in [0.25, 0.3) is 11.3 Å². The lowest BCUT2D eigenvalue weighted by atomic mass is 10.0. The van der Waals surface area contributed by atoms with Gasteiger partial charge in [-0.15, -0.1) is 0 Å². The van der Waals surface area contributed by atoms with Crippen molar-refractivity contribution in [3.05, 3.63) is 41.2 Å². The average molecular weight is 234 g/mol. The highest BCUT2D eigenvalue weighted by atomic mass is 35.5. The Bertz CT molecular complexity index is 511. The zero-order chi connectivity index (χ0) is 11.5. The molecule has 1 aromatic carbocycles. The molecule has 0 saturated heterocycles. The van der Waals surface area contributed by atoms with Crippen LogP contribution in [0.2, 0.25) is 5.02 Å². The van der Waals surface area contributed by atoms with Crippen molar-refractivity contribution in [2.24, 2.45) is 0 Å². The first-order valence-electron chi connectivity index (χ1n) is 5.08. The van der Waals surface area contributed by atoms with Gasteiger partial charge in [-0.05, 0) is 12.5 Å². The molecule has 82 valence electrons. The fourth-order valence-electron chi connectivity index (χ4n) is 1.66. The maximum absolute atomic E-state index is 6.14. The van der Waals surface area contributed by atoms with Crippen molar-refractivity contribution in [2.45, 2.75) is 13.3 Å². The first kappa shape index (κ1) is 10.9. The molecule has 0 radical (unpaired) electrons. The van der Waals surface area contributed by atoms with Gasteiger partial charge in [0.2, 0.25) is 0 Å². The highest BCUT2D eigenvalue weighted by Crippen LogP contribution is 2.30. The predicted octanol–water partition coefficient (Wildman–Crippen LogP) is 2.94. The normalized spacial score (nSPS) is 10.4. The maximum atomic E-state index is 6.14. The molecular weight excluding hydrogens is 222 g/mol. The average Bonchev–Trinajstić information content (AvgIpc) is 2.29. The van der Waals surface area contributed by atoms with Crippen LogP contribution in [0.5, 0.6) is 0 Å². The summed E-state index contributed by atoms with van der Waals surface area (Å²) in [4.78, 5) is 8.26. The summed E-state index contributed by atoms with van der Waals surface area (Å²) in [6.07, 6.45) is 2.25. The molecule has 0 fully saturated rings. The standard InChI is InChI=1S/C12H12ClN3/c1-2-8-11(15-7-16-12(8)14)9-5-3-4-6-10(9)13/h3-7H,2H2,1H3,(H2,14,15,16). The molecule has 0 spiro atoms. The molecule has 2 rings (SSSR count). The molecule has 0 amide bonds. The van der Waals surface area contributed by atoms with Gasteiger partial charge in [0, 0.05) is 16.1 Å². The first-order valence-corrected chi connectivity index (χ1v) is 5.46. The summed E-state index contributed by atoms with van der Waals surface area (Å²) >= 11 is 6.14. The summed E-state index contributed by atoms with van der Waals surface area (Å²) in [7, 11) is 0. The number of aromatic nitrogens is 2. The van der Waals surface area contributed by atoms with Gasteiger partial charge in [-0.3, -0.25) is 0 Å². The predicted molar refractivity (Wildman–Crippen MR) is 66.3 cm³/mol.